The Hall–Kier alpha value is -2.74. The van der Waals surface area contributed by atoms with Crippen LogP contribution in [0.1, 0.15) is 24.1 Å². The maximum atomic E-state index is 12.3. The fraction of sp³-hybridized carbons (Fsp3) is 0.278. The molecule has 1 amide bonds. The van der Waals surface area contributed by atoms with Crippen LogP contribution in [0, 0.1) is 13.8 Å². The zero-order chi connectivity index (χ0) is 18.7. The smallest absolute Gasteiger partial charge is 0.258 e. The highest BCUT2D eigenvalue weighted by molar-refractivity contribution is 7.99. The van der Waals surface area contributed by atoms with E-state index in [2.05, 4.69) is 25.3 Å². The van der Waals surface area contributed by atoms with Crippen LogP contribution in [-0.2, 0) is 10.5 Å². The number of benzene rings is 1. The first kappa shape index (κ1) is 18.1. The first-order valence-electron chi connectivity index (χ1n) is 8.15. The van der Waals surface area contributed by atoms with Gasteiger partial charge in [-0.25, -0.2) is 15.0 Å². The van der Waals surface area contributed by atoms with Crippen molar-refractivity contribution in [3.05, 3.63) is 57.9 Å². The SMILES string of the molecule is Cc1cc(C)nc(NC(=O)C(C)SCc2nc3ccccc3c(=O)[nH]2)n1. The fourth-order valence-electron chi connectivity index (χ4n) is 2.48. The number of nitrogens with zero attached hydrogens (tertiary/aromatic N) is 3. The van der Waals surface area contributed by atoms with Gasteiger partial charge in [0, 0.05) is 11.4 Å². The van der Waals surface area contributed by atoms with Crippen molar-refractivity contribution in [2.45, 2.75) is 31.8 Å². The normalized spacial score (nSPS) is 12.1. The van der Waals surface area contributed by atoms with Crippen LogP contribution in [0.4, 0.5) is 5.95 Å². The lowest BCUT2D eigenvalue weighted by Crippen LogP contribution is -2.24. The number of aryl methyl sites for hydroxylation is 2. The number of thioether (sulfide) groups is 1. The van der Waals surface area contributed by atoms with Gasteiger partial charge in [0.1, 0.15) is 5.82 Å². The van der Waals surface area contributed by atoms with Crippen molar-refractivity contribution in [2.75, 3.05) is 5.32 Å². The zero-order valence-electron chi connectivity index (χ0n) is 14.7. The first-order chi connectivity index (χ1) is 12.4. The molecular weight excluding hydrogens is 350 g/mol. The van der Waals surface area contributed by atoms with Gasteiger partial charge in [0.15, 0.2) is 0 Å². The summed E-state index contributed by atoms with van der Waals surface area (Å²) in [5.74, 6) is 1.07. The first-order valence-corrected chi connectivity index (χ1v) is 9.20. The molecule has 3 rings (SSSR count). The second kappa shape index (κ2) is 7.65. The Morgan fingerprint density at radius 3 is 2.62 bits per heavy atom. The predicted molar refractivity (Wildman–Crippen MR) is 103 cm³/mol. The number of carbonyl (C=O) groups excluding carboxylic acids is 1. The Morgan fingerprint density at radius 2 is 1.88 bits per heavy atom. The molecule has 0 saturated carbocycles. The van der Waals surface area contributed by atoms with Crippen LogP contribution in [0.3, 0.4) is 0 Å². The molecule has 0 aliphatic rings. The molecular formula is C18H19N5O2S. The van der Waals surface area contributed by atoms with E-state index >= 15 is 0 Å². The van der Waals surface area contributed by atoms with Crippen molar-refractivity contribution in [1.82, 2.24) is 19.9 Å². The largest absolute Gasteiger partial charge is 0.309 e. The Morgan fingerprint density at radius 1 is 1.19 bits per heavy atom. The summed E-state index contributed by atoms with van der Waals surface area (Å²) in [7, 11) is 0. The van der Waals surface area contributed by atoms with Gasteiger partial charge in [-0.15, -0.1) is 11.8 Å². The third kappa shape index (κ3) is 4.26. The summed E-state index contributed by atoms with van der Waals surface area (Å²) in [6.07, 6.45) is 0. The van der Waals surface area contributed by atoms with Crippen molar-refractivity contribution in [1.29, 1.82) is 0 Å². The van der Waals surface area contributed by atoms with Crippen LogP contribution < -0.4 is 10.9 Å². The molecule has 0 fully saturated rings. The van der Waals surface area contributed by atoms with E-state index in [1.807, 2.05) is 26.0 Å². The Kier molecular flexibility index (Phi) is 5.32. The number of hydrogen-bond donors (Lipinski definition) is 2. The molecule has 7 nitrogen and oxygen atoms in total. The number of para-hydroxylation sites is 1. The number of aromatic amines is 1. The molecule has 1 atom stereocenters. The maximum Gasteiger partial charge on any atom is 0.258 e. The molecule has 134 valence electrons. The third-order valence-electron chi connectivity index (χ3n) is 3.72. The molecule has 26 heavy (non-hydrogen) atoms. The second-order valence-electron chi connectivity index (χ2n) is 5.95. The van der Waals surface area contributed by atoms with Gasteiger partial charge < -0.3 is 4.98 Å². The van der Waals surface area contributed by atoms with Crippen LogP contribution in [0.15, 0.2) is 35.1 Å². The Bertz CT molecular complexity index is 998. The van der Waals surface area contributed by atoms with Gasteiger partial charge in [-0.3, -0.25) is 14.9 Å². The molecule has 2 heterocycles. The number of nitrogens with one attached hydrogen (secondary N) is 2. The summed E-state index contributed by atoms with van der Waals surface area (Å²) in [6.45, 7) is 5.50. The van der Waals surface area contributed by atoms with E-state index in [4.69, 9.17) is 0 Å². The highest BCUT2D eigenvalue weighted by atomic mass is 32.2. The quantitative estimate of drug-likeness (QED) is 0.717. The minimum absolute atomic E-state index is 0.174. The fourth-order valence-corrected chi connectivity index (χ4v) is 3.23. The third-order valence-corrected chi connectivity index (χ3v) is 4.87. The highest BCUT2D eigenvalue weighted by Gasteiger charge is 2.16. The van der Waals surface area contributed by atoms with Crippen LogP contribution in [-0.4, -0.2) is 31.1 Å². The minimum Gasteiger partial charge on any atom is -0.309 e. The van der Waals surface area contributed by atoms with Crippen LogP contribution in [0.5, 0.6) is 0 Å². The number of rotatable bonds is 5. The van der Waals surface area contributed by atoms with E-state index in [0.717, 1.165) is 11.4 Å². The molecule has 8 heteroatoms. The summed E-state index contributed by atoms with van der Waals surface area (Å²) >= 11 is 1.38. The van der Waals surface area contributed by atoms with Crippen LogP contribution in [0.25, 0.3) is 10.9 Å². The summed E-state index contributed by atoms with van der Waals surface area (Å²) in [5.41, 5.74) is 2.07. The van der Waals surface area contributed by atoms with E-state index in [0.29, 0.717) is 28.4 Å². The molecule has 0 aliphatic carbocycles. The standard InChI is InChI=1S/C18H19N5O2S/c1-10-8-11(2)20-18(19-10)23-16(24)12(3)26-9-15-21-14-7-5-4-6-13(14)17(25)22-15/h4-8,12H,9H2,1-3H3,(H,21,22,25)(H,19,20,23,24). The number of carbonyl (C=O) groups is 1. The lowest BCUT2D eigenvalue weighted by molar-refractivity contribution is -0.115. The Balaban J connectivity index is 1.65. The number of aromatic nitrogens is 4. The van der Waals surface area contributed by atoms with Gasteiger partial charge in [-0.05, 0) is 39.0 Å². The molecule has 1 aromatic carbocycles. The number of hydrogen-bond acceptors (Lipinski definition) is 6. The highest BCUT2D eigenvalue weighted by Crippen LogP contribution is 2.17. The van der Waals surface area contributed by atoms with Crippen molar-refractivity contribution in [2.24, 2.45) is 0 Å². The van der Waals surface area contributed by atoms with E-state index < -0.39 is 0 Å². The summed E-state index contributed by atoms with van der Waals surface area (Å²) in [5, 5.41) is 2.93. The molecule has 0 radical (unpaired) electrons. The minimum atomic E-state index is -0.351. The molecule has 0 aliphatic heterocycles. The van der Waals surface area contributed by atoms with Crippen molar-refractivity contribution in [3.63, 3.8) is 0 Å². The van der Waals surface area contributed by atoms with E-state index in [9.17, 15) is 9.59 Å². The van der Waals surface area contributed by atoms with E-state index in [-0.39, 0.29) is 16.7 Å². The van der Waals surface area contributed by atoms with Gasteiger partial charge in [-0.1, -0.05) is 12.1 Å². The van der Waals surface area contributed by atoms with Crippen LogP contribution in [0.2, 0.25) is 0 Å². The molecule has 0 saturated heterocycles. The molecule has 0 bridgehead atoms. The van der Waals surface area contributed by atoms with Gasteiger partial charge >= 0.3 is 0 Å². The number of H-pyrrole nitrogens is 1. The molecule has 0 spiro atoms. The average molecular weight is 369 g/mol. The number of amides is 1. The molecule has 2 N–H and O–H groups in total. The molecule has 3 aromatic rings. The molecule has 1 unspecified atom stereocenters. The summed E-state index contributed by atoms with van der Waals surface area (Å²) in [4.78, 5) is 40.0. The van der Waals surface area contributed by atoms with Crippen molar-refractivity contribution in [3.8, 4) is 0 Å². The van der Waals surface area contributed by atoms with Gasteiger partial charge in [0.2, 0.25) is 11.9 Å². The zero-order valence-corrected chi connectivity index (χ0v) is 15.6. The van der Waals surface area contributed by atoms with Crippen LogP contribution >= 0.6 is 11.8 Å². The molecule has 2 aromatic heterocycles. The Labute approximate surface area is 154 Å². The van der Waals surface area contributed by atoms with Crippen molar-refractivity contribution >= 4 is 34.5 Å². The second-order valence-corrected chi connectivity index (χ2v) is 7.28. The number of anilines is 1. The predicted octanol–water partition coefficient (Wildman–Crippen LogP) is 2.59. The average Bonchev–Trinajstić information content (AvgIpc) is 2.58. The monoisotopic (exact) mass is 369 g/mol. The summed E-state index contributed by atoms with van der Waals surface area (Å²) in [6, 6.07) is 9.01. The van der Waals surface area contributed by atoms with Crippen molar-refractivity contribution < 1.29 is 4.79 Å². The lowest BCUT2D eigenvalue weighted by atomic mass is 10.2. The lowest BCUT2D eigenvalue weighted by Gasteiger charge is -2.11. The number of fused-ring (bicyclic) bond motifs is 1. The maximum absolute atomic E-state index is 12.3. The van der Waals surface area contributed by atoms with Gasteiger partial charge in [-0.2, -0.15) is 0 Å². The van der Waals surface area contributed by atoms with E-state index in [1.165, 1.54) is 11.8 Å². The van der Waals surface area contributed by atoms with Gasteiger partial charge in [0.25, 0.3) is 5.56 Å². The van der Waals surface area contributed by atoms with E-state index in [1.54, 1.807) is 25.1 Å². The van der Waals surface area contributed by atoms with Gasteiger partial charge in [0.05, 0.1) is 21.9 Å². The topological polar surface area (TPSA) is 101 Å². The summed E-state index contributed by atoms with van der Waals surface area (Å²) < 4.78 is 0.